The summed E-state index contributed by atoms with van der Waals surface area (Å²) >= 11 is 6.20. The van der Waals surface area contributed by atoms with Crippen LogP contribution in [0.2, 0.25) is 5.02 Å². The molecular formula is C26H28ClN3O3. The standard InChI is InChI=1S/C26H28ClN3O3/c1-18-24(26(32)33)25(21-11-7-12-22(27)17-21)30(19(2)28-18)16-8-15-29(3)23(31)14-13-20-9-5-4-6-10-20/h4-7,9-14,17,25H,8,15-16H2,1-3H3,(H,32,33). The van der Waals surface area contributed by atoms with Crippen LogP contribution in [0, 0.1) is 0 Å². The maximum absolute atomic E-state index is 12.5. The number of halogens is 1. The van der Waals surface area contributed by atoms with Gasteiger partial charge < -0.3 is 14.9 Å². The number of amidine groups is 1. The normalized spacial score (nSPS) is 16.2. The van der Waals surface area contributed by atoms with Crippen molar-refractivity contribution in [3.63, 3.8) is 0 Å². The lowest BCUT2D eigenvalue weighted by atomic mass is 9.93. The first kappa shape index (κ1) is 24.3. The number of carboxylic acid groups (broad SMARTS) is 1. The average molecular weight is 466 g/mol. The largest absolute Gasteiger partial charge is 0.478 e. The van der Waals surface area contributed by atoms with Gasteiger partial charge in [-0.25, -0.2) is 9.79 Å². The fraction of sp³-hybridized carbons (Fsp3) is 0.269. The van der Waals surface area contributed by atoms with E-state index >= 15 is 0 Å². The summed E-state index contributed by atoms with van der Waals surface area (Å²) < 4.78 is 0. The zero-order valence-corrected chi connectivity index (χ0v) is 19.8. The summed E-state index contributed by atoms with van der Waals surface area (Å²) in [7, 11) is 1.76. The number of amides is 1. The van der Waals surface area contributed by atoms with Gasteiger partial charge in [-0.1, -0.05) is 54.1 Å². The Morgan fingerprint density at radius 3 is 2.55 bits per heavy atom. The number of hydrogen-bond donors (Lipinski definition) is 1. The van der Waals surface area contributed by atoms with Gasteiger partial charge in [-0.05, 0) is 49.6 Å². The fourth-order valence-corrected chi connectivity index (χ4v) is 4.14. The lowest BCUT2D eigenvalue weighted by Gasteiger charge is -2.37. The van der Waals surface area contributed by atoms with Crippen LogP contribution in [0.4, 0.5) is 0 Å². The summed E-state index contributed by atoms with van der Waals surface area (Å²) in [6, 6.07) is 16.4. The third-order valence-corrected chi connectivity index (χ3v) is 5.84. The highest BCUT2D eigenvalue weighted by Gasteiger charge is 2.34. The number of hydrogen-bond acceptors (Lipinski definition) is 4. The zero-order chi connectivity index (χ0) is 24.0. The molecule has 172 valence electrons. The van der Waals surface area contributed by atoms with Gasteiger partial charge in [-0.15, -0.1) is 0 Å². The SMILES string of the molecule is CC1=NC(C)=C(C(=O)O)C(c2cccc(Cl)c2)N1CCCN(C)C(=O)C=Cc1ccccc1. The van der Waals surface area contributed by atoms with Gasteiger partial charge in [0.15, 0.2) is 0 Å². The predicted molar refractivity (Wildman–Crippen MR) is 132 cm³/mol. The second kappa shape index (κ2) is 11.0. The Balaban J connectivity index is 1.71. The predicted octanol–water partition coefficient (Wildman–Crippen LogP) is 5.04. The highest BCUT2D eigenvalue weighted by molar-refractivity contribution is 6.30. The number of allylic oxidation sites excluding steroid dienone is 1. The zero-order valence-electron chi connectivity index (χ0n) is 19.0. The van der Waals surface area contributed by atoms with Gasteiger partial charge in [0.25, 0.3) is 0 Å². The van der Waals surface area contributed by atoms with Crippen molar-refractivity contribution in [3.8, 4) is 0 Å². The number of carboxylic acids is 1. The second-order valence-electron chi connectivity index (χ2n) is 7.97. The minimum absolute atomic E-state index is 0.0868. The van der Waals surface area contributed by atoms with Gasteiger partial charge in [0.1, 0.15) is 5.84 Å². The number of rotatable bonds is 8. The molecule has 1 amide bonds. The Hall–Kier alpha value is -3.38. The minimum atomic E-state index is -1.00. The molecule has 0 fully saturated rings. The second-order valence-corrected chi connectivity index (χ2v) is 8.41. The smallest absolute Gasteiger partial charge is 0.335 e. The minimum Gasteiger partial charge on any atom is -0.478 e. The topological polar surface area (TPSA) is 73.2 Å². The van der Waals surface area contributed by atoms with Gasteiger partial charge >= 0.3 is 5.97 Å². The van der Waals surface area contributed by atoms with Crippen molar-refractivity contribution < 1.29 is 14.7 Å². The Bertz CT molecular complexity index is 1110. The summed E-state index contributed by atoms with van der Waals surface area (Å²) in [4.78, 5) is 32.7. The molecule has 0 aliphatic carbocycles. The van der Waals surface area contributed by atoms with Crippen LogP contribution in [0.15, 0.2) is 76.9 Å². The van der Waals surface area contributed by atoms with Gasteiger partial charge in [0.05, 0.1) is 17.3 Å². The number of carbonyl (C=O) groups is 2. The number of carbonyl (C=O) groups excluding carboxylic acids is 1. The van der Waals surface area contributed by atoms with E-state index in [1.54, 1.807) is 43.2 Å². The molecule has 2 aromatic carbocycles. The third kappa shape index (κ3) is 6.11. The lowest BCUT2D eigenvalue weighted by molar-refractivity contribution is -0.133. The molecule has 1 N–H and O–H groups in total. The molecule has 2 aromatic rings. The molecule has 1 unspecified atom stereocenters. The fourth-order valence-electron chi connectivity index (χ4n) is 3.94. The molecule has 33 heavy (non-hydrogen) atoms. The number of benzene rings is 2. The number of aliphatic imine (C=N–C) groups is 1. The van der Waals surface area contributed by atoms with Crippen LogP contribution in [-0.4, -0.2) is 52.8 Å². The van der Waals surface area contributed by atoms with E-state index in [9.17, 15) is 14.7 Å². The maximum atomic E-state index is 12.5. The van der Waals surface area contributed by atoms with Gasteiger partial charge in [-0.3, -0.25) is 4.79 Å². The monoisotopic (exact) mass is 465 g/mol. The lowest BCUT2D eigenvalue weighted by Crippen LogP contribution is -2.40. The van der Waals surface area contributed by atoms with E-state index in [0.717, 1.165) is 17.0 Å². The van der Waals surface area contributed by atoms with Crippen molar-refractivity contribution in [1.29, 1.82) is 0 Å². The molecule has 0 saturated heterocycles. The summed E-state index contributed by atoms with van der Waals surface area (Å²) in [6.07, 6.45) is 4.01. The first-order chi connectivity index (χ1) is 15.8. The first-order valence-corrected chi connectivity index (χ1v) is 11.2. The Morgan fingerprint density at radius 2 is 1.88 bits per heavy atom. The summed E-state index contributed by atoms with van der Waals surface area (Å²) in [5, 5.41) is 10.5. The van der Waals surface area contributed by atoms with E-state index in [2.05, 4.69) is 4.99 Å². The maximum Gasteiger partial charge on any atom is 0.335 e. The van der Waals surface area contributed by atoms with Gasteiger partial charge in [-0.2, -0.15) is 0 Å². The first-order valence-electron chi connectivity index (χ1n) is 10.8. The van der Waals surface area contributed by atoms with E-state index in [1.165, 1.54) is 0 Å². The average Bonchev–Trinajstić information content (AvgIpc) is 2.78. The highest BCUT2D eigenvalue weighted by Crippen LogP contribution is 2.36. The van der Waals surface area contributed by atoms with Crippen molar-refractivity contribution in [2.45, 2.75) is 26.3 Å². The molecule has 7 heteroatoms. The molecule has 0 saturated carbocycles. The molecular weight excluding hydrogens is 438 g/mol. The van der Waals surface area contributed by atoms with E-state index in [-0.39, 0.29) is 11.5 Å². The quantitative estimate of drug-likeness (QED) is 0.554. The van der Waals surface area contributed by atoms with Crippen LogP contribution in [0.1, 0.15) is 37.4 Å². The molecule has 0 aromatic heterocycles. The summed E-state index contributed by atoms with van der Waals surface area (Å²) in [6.45, 7) is 4.65. The summed E-state index contributed by atoms with van der Waals surface area (Å²) in [5.74, 6) is -0.353. The van der Waals surface area contributed by atoms with E-state index in [0.29, 0.717) is 30.2 Å². The van der Waals surface area contributed by atoms with E-state index < -0.39 is 12.0 Å². The van der Waals surface area contributed by atoms with Crippen LogP contribution in [0.3, 0.4) is 0 Å². The van der Waals surface area contributed by atoms with Gasteiger partial charge in [0.2, 0.25) is 5.91 Å². The van der Waals surface area contributed by atoms with Crippen molar-refractivity contribution >= 4 is 35.4 Å². The highest BCUT2D eigenvalue weighted by atomic mass is 35.5. The molecule has 3 rings (SSSR count). The summed E-state index contributed by atoms with van der Waals surface area (Å²) in [5.41, 5.74) is 2.48. The van der Waals surface area contributed by atoms with Crippen LogP contribution in [0.25, 0.3) is 6.08 Å². The molecule has 0 spiro atoms. The van der Waals surface area contributed by atoms with Crippen LogP contribution >= 0.6 is 11.6 Å². The third-order valence-electron chi connectivity index (χ3n) is 5.60. The molecule has 6 nitrogen and oxygen atoms in total. The van der Waals surface area contributed by atoms with Crippen LogP contribution in [0.5, 0.6) is 0 Å². The van der Waals surface area contributed by atoms with Crippen molar-refractivity contribution in [2.75, 3.05) is 20.1 Å². The van der Waals surface area contributed by atoms with Crippen molar-refractivity contribution in [2.24, 2.45) is 4.99 Å². The Morgan fingerprint density at radius 1 is 1.15 bits per heavy atom. The molecule has 1 heterocycles. The van der Waals surface area contributed by atoms with Crippen molar-refractivity contribution in [1.82, 2.24) is 9.80 Å². The van der Waals surface area contributed by atoms with Crippen molar-refractivity contribution in [3.05, 3.63) is 88.1 Å². The molecule has 1 atom stereocenters. The molecule has 1 aliphatic heterocycles. The molecule has 0 radical (unpaired) electrons. The van der Waals surface area contributed by atoms with E-state index in [4.69, 9.17) is 11.6 Å². The molecule has 1 aliphatic rings. The van der Waals surface area contributed by atoms with E-state index in [1.807, 2.05) is 54.3 Å². The van der Waals surface area contributed by atoms with Crippen LogP contribution in [-0.2, 0) is 9.59 Å². The van der Waals surface area contributed by atoms with Crippen LogP contribution < -0.4 is 0 Å². The Labute approximate surface area is 199 Å². The number of likely N-dealkylation sites (N-methyl/N-ethyl adjacent to an activating group) is 1. The van der Waals surface area contributed by atoms with Gasteiger partial charge in [0, 0.05) is 31.2 Å². The number of aliphatic carboxylic acids is 1. The number of nitrogens with zero attached hydrogens (tertiary/aromatic N) is 3. The Kier molecular flexibility index (Phi) is 8.06. The molecule has 0 bridgehead atoms.